The Labute approximate surface area is 145 Å². The van der Waals surface area contributed by atoms with Crippen LogP contribution in [-0.4, -0.2) is 0 Å². The molecule has 3 aromatic rings. The van der Waals surface area contributed by atoms with E-state index >= 15 is 0 Å². The number of hydrogen-bond donors (Lipinski definition) is 0. The van der Waals surface area contributed by atoms with Gasteiger partial charge >= 0.3 is 0 Å². The summed E-state index contributed by atoms with van der Waals surface area (Å²) in [4.78, 5) is 0. The molecule has 0 amide bonds. The van der Waals surface area contributed by atoms with Gasteiger partial charge in [0.2, 0.25) is 0 Å². The van der Waals surface area contributed by atoms with E-state index in [1.54, 1.807) is 0 Å². The van der Waals surface area contributed by atoms with Crippen LogP contribution in [0.5, 0.6) is 0 Å². The van der Waals surface area contributed by atoms with Gasteiger partial charge in [-0.15, -0.1) is 0 Å². The van der Waals surface area contributed by atoms with E-state index < -0.39 is 0 Å². The quantitative estimate of drug-likeness (QED) is 0.515. The van der Waals surface area contributed by atoms with Crippen molar-refractivity contribution in [1.29, 1.82) is 0 Å². The van der Waals surface area contributed by atoms with Crippen molar-refractivity contribution in [2.24, 2.45) is 5.92 Å². The van der Waals surface area contributed by atoms with Crippen LogP contribution in [0.15, 0.2) is 72.8 Å². The summed E-state index contributed by atoms with van der Waals surface area (Å²) in [6, 6.07) is 27.0. The van der Waals surface area contributed by atoms with E-state index in [0.717, 1.165) is 5.92 Å². The minimum Gasteiger partial charge on any atom is -0.0622 e. The van der Waals surface area contributed by atoms with Crippen molar-refractivity contribution >= 4 is 0 Å². The van der Waals surface area contributed by atoms with Crippen molar-refractivity contribution in [3.05, 3.63) is 95.1 Å². The summed E-state index contributed by atoms with van der Waals surface area (Å²) >= 11 is 0. The van der Waals surface area contributed by atoms with Crippen molar-refractivity contribution < 1.29 is 0 Å². The van der Waals surface area contributed by atoms with Crippen molar-refractivity contribution in [3.63, 3.8) is 0 Å². The number of benzene rings is 3. The minimum absolute atomic E-state index is 0.523. The SMILES string of the molecule is Cc1ccc(-c2cccc(C3CC(C)Cc4ccccc43)c2)cc1. The van der Waals surface area contributed by atoms with E-state index in [1.807, 2.05) is 0 Å². The molecule has 4 rings (SSSR count). The summed E-state index contributed by atoms with van der Waals surface area (Å²) in [6.07, 6.45) is 2.46. The molecule has 1 aliphatic rings. The first-order chi connectivity index (χ1) is 11.7. The van der Waals surface area contributed by atoms with Gasteiger partial charge in [-0.05, 0) is 53.5 Å². The third kappa shape index (κ3) is 2.89. The topological polar surface area (TPSA) is 0 Å². The van der Waals surface area contributed by atoms with Gasteiger partial charge in [-0.25, -0.2) is 0 Å². The molecule has 2 unspecified atom stereocenters. The Morgan fingerprint density at radius 1 is 0.792 bits per heavy atom. The van der Waals surface area contributed by atoms with Gasteiger partial charge in [0.25, 0.3) is 0 Å². The average molecular weight is 312 g/mol. The van der Waals surface area contributed by atoms with E-state index in [9.17, 15) is 0 Å². The smallest absolute Gasteiger partial charge is 0.00949 e. The van der Waals surface area contributed by atoms with Gasteiger partial charge in [-0.2, -0.15) is 0 Å². The summed E-state index contributed by atoms with van der Waals surface area (Å²) in [5.41, 5.74) is 8.44. The molecule has 0 radical (unpaired) electrons. The molecule has 0 nitrogen and oxygen atoms in total. The van der Waals surface area contributed by atoms with Crippen molar-refractivity contribution in [3.8, 4) is 11.1 Å². The molecule has 0 heteroatoms. The predicted molar refractivity (Wildman–Crippen MR) is 102 cm³/mol. The molecule has 0 fully saturated rings. The summed E-state index contributed by atoms with van der Waals surface area (Å²) < 4.78 is 0. The van der Waals surface area contributed by atoms with Crippen molar-refractivity contribution in [2.75, 3.05) is 0 Å². The number of hydrogen-bond acceptors (Lipinski definition) is 0. The molecule has 0 spiro atoms. The summed E-state index contributed by atoms with van der Waals surface area (Å²) in [5, 5.41) is 0. The zero-order valence-electron chi connectivity index (χ0n) is 14.5. The van der Waals surface area contributed by atoms with Gasteiger partial charge in [-0.3, -0.25) is 0 Å². The molecule has 0 aromatic heterocycles. The largest absolute Gasteiger partial charge is 0.0622 e. The number of rotatable bonds is 2. The first kappa shape index (κ1) is 15.2. The zero-order chi connectivity index (χ0) is 16.5. The lowest BCUT2D eigenvalue weighted by Gasteiger charge is -2.30. The van der Waals surface area contributed by atoms with Crippen LogP contribution in [0, 0.1) is 12.8 Å². The highest BCUT2D eigenvalue weighted by molar-refractivity contribution is 5.65. The standard InChI is InChI=1S/C24H24/c1-17-10-12-19(13-11-17)20-7-5-8-22(16-20)24-15-18(2)14-21-6-3-4-9-23(21)24/h3-13,16,18,24H,14-15H2,1-2H3. The van der Waals surface area contributed by atoms with Crippen LogP contribution in [-0.2, 0) is 6.42 Å². The lowest BCUT2D eigenvalue weighted by atomic mass is 9.74. The van der Waals surface area contributed by atoms with E-state index in [2.05, 4.69) is 86.6 Å². The molecule has 1 aliphatic carbocycles. The summed E-state index contributed by atoms with van der Waals surface area (Å²) in [6.45, 7) is 4.52. The fourth-order valence-electron chi connectivity index (χ4n) is 4.04. The van der Waals surface area contributed by atoms with E-state index in [0.29, 0.717) is 5.92 Å². The Bertz CT molecular complexity index is 842. The Morgan fingerprint density at radius 2 is 1.58 bits per heavy atom. The molecule has 0 heterocycles. The monoisotopic (exact) mass is 312 g/mol. The van der Waals surface area contributed by atoms with Gasteiger partial charge in [0.1, 0.15) is 0 Å². The number of fused-ring (bicyclic) bond motifs is 1. The van der Waals surface area contributed by atoms with Gasteiger partial charge < -0.3 is 0 Å². The van der Waals surface area contributed by atoms with Gasteiger partial charge in [0.15, 0.2) is 0 Å². The Morgan fingerprint density at radius 3 is 2.42 bits per heavy atom. The van der Waals surface area contributed by atoms with Crippen LogP contribution in [0.4, 0.5) is 0 Å². The highest BCUT2D eigenvalue weighted by atomic mass is 14.3. The third-order valence-corrected chi connectivity index (χ3v) is 5.31. The normalized spacial score (nSPS) is 19.8. The second kappa shape index (κ2) is 6.28. The van der Waals surface area contributed by atoms with Gasteiger partial charge in [0, 0.05) is 5.92 Å². The van der Waals surface area contributed by atoms with Crippen molar-refractivity contribution in [1.82, 2.24) is 0 Å². The number of aryl methyl sites for hydroxylation is 1. The summed E-state index contributed by atoms with van der Waals surface area (Å²) in [5.74, 6) is 1.27. The lowest BCUT2D eigenvalue weighted by molar-refractivity contribution is 0.464. The fourth-order valence-corrected chi connectivity index (χ4v) is 4.04. The van der Waals surface area contributed by atoms with Crippen LogP contribution >= 0.6 is 0 Å². The van der Waals surface area contributed by atoms with Crippen LogP contribution in [0.2, 0.25) is 0 Å². The van der Waals surface area contributed by atoms with Gasteiger partial charge in [0.05, 0.1) is 0 Å². The van der Waals surface area contributed by atoms with Crippen LogP contribution in [0.1, 0.15) is 41.5 Å². The molecule has 0 saturated heterocycles. The molecular formula is C24H24. The van der Waals surface area contributed by atoms with E-state index in [-0.39, 0.29) is 0 Å². The van der Waals surface area contributed by atoms with Crippen LogP contribution < -0.4 is 0 Å². The van der Waals surface area contributed by atoms with Gasteiger partial charge in [-0.1, -0.05) is 85.3 Å². The first-order valence-corrected chi connectivity index (χ1v) is 8.95. The molecule has 0 N–H and O–H groups in total. The second-order valence-corrected chi connectivity index (χ2v) is 7.29. The first-order valence-electron chi connectivity index (χ1n) is 8.95. The fraction of sp³-hybridized carbons (Fsp3) is 0.250. The Balaban J connectivity index is 1.75. The molecule has 3 aromatic carbocycles. The Kier molecular flexibility index (Phi) is 3.98. The maximum Gasteiger partial charge on any atom is 0.00949 e. The maximum atomic E-state index is 2.39. The Hall–Kier alpha value is -2.34. The molecule has 0 saturated carbocycles. The minimum atomic E-state index is 0.523. The molecule has 0 bridgehead atoms. The van der Waals surface area contributed by atoms with E-state index in [4.69, 9.17) is 0 Å². The summed E-state index contributed by atoms with van der Waals surface area (Å²) in [7, 11) is 0. The molecule has 120 valence electrons. The predicted octanol–water partition coefficient (Wildman–Crippen LogP) is 6.38. The lowest BCUT2D eigenvalue weighted by Crippen LogP contribution is -2.17. The van der Waals surface area contributed by atoms with E-state index in [1.165, 1.54) is 46.2 Å². The second-order valence-electron chi connectivity index (χ2n) is 7.29. The highest BCUT2D eigenvalue weighted by Crippen LogP contribution is 2.40. The maximum absolute atomic E-state index is 2.39. The van der Waals surface area contributed by atoms with Crippen molar-refractivity contribution in [2.45, 2.75) is 32.6 Å². The van der Waals surface area contributed by atoms with Crippen LogP contribution in [0.25, 0.3) is 11.1 Å². The third-order valence-electron chi connectivity index (χ3n) is 5.31. The average Bonchev–Trinajstić information content (AvgIpc) is 2.62. The molecule has 0 aliphatic heterocycles. The molecule has 24 heavy (non-hydrogen) atoms. The zero-order valence-corrected chi connectivity index (χ0v) is 14.5. The molecule has 2 atom stereocenters. The molecular weight excluding hydrogens is 288 g/mol. The highest BCUT2D eigenvalue weighted by Gasteiger charge is 2.25. The van der Waals surface area contributed by atoms with Crippen LogP contribution in [0.3, 0.4) is 0 Å².